The maximum absolute atomic E-state index is 14.3. The van der Waals surface area contributed by atoms with Crippen LogP contribution in [-0.4, -0.2) is 33.1 Å². The molecule has 0 aromatic heterocycles. The maximum atomic E-state index is 14.3. The van der Waals surface area contributed by atoms with E-state index in [1.807, 2.05) is 6.07 Å². The molecule has 1 saturated heterocycles. The van der Waals surface area contributed by atoms with Gasteiger partial charge in [0.15, 0.2) is 11.5 Å². The summed E-state index contributed by atoms with van der Waals surface area (Å²) >= 11 is 0. The van der Waals surface area contributed by atoms with E-state index >= 15 is 0 Å². The van der Waals surface area contributed by atoms with Crippen molar-refractivity contribution in [2.24, 2.45) is 5.92 Å². The Bertz CT molecular complexity index is 1210. The molecule has 2 atom stereocenters. The summed E-state index contributed by atoms with van der Waals surface area (Å²) in [5.74, 6) is -0.0110. The lowest BCUT2D eigenvalue weighted by atomic mass is 9.83. The van der Waals surface area contributed by atoms with Gasteiger partial charge in [0, 0.05) is 12.1 Å². The SMILES string of the molecule is COc1ccc(N2C(=O)CC[C@H](C(=O)Nc3ccccc3F)[C@H]2c2ccc(OC)c(OC)c2)cc1. The third-order valence-corrected chi connectivity index (χ3v) is 6.17. The molecule has 1 heterocycles. The molecule has 4 rings (SSSR count). The van der Waals surface area contributed by atoms with Gasteiger partial charge in [-0.25, -0.2) is 4.39 Å². The average Bonchev–Trinajstić information content (AvgIpc) is 2.89. The lowest BCUT2D eigenvalue weighted by Gasteiger charge is -2.41. The summed E-state index contributed by atoms with van der Waals surface area (Å²) in [5.41, 5.74) is 1.41. The zero-order chi connectivity index (χ0) is 24.9. The number of amides is 2. The molecule has 3 aromatic rings. The Morgan fingerprint density at radius 1 is 0.943 bits per heavy atom. The van der Waals surface area contributed by atoms with Crippen LogP contribution in [0.1, 0.15) is 24.4 Å². The van der Waals surface area contributed by atoms with Gasteiger partial charge in [-0.3, -0.25) is 9.59 Å². The van der Waals surface area contributed by atoms with Crippen LogP contribution in [0.15, 0.2) is 66.7 Å². The molecule has 2 amide bonds. The summed E-state index contributed by atoms with van der Waals surface area (Å²) in [4.78, 5) is 28.3. The van der Waals surface area contributed by atoms with Gasteiger partial charge in [-0.2, -0.15) is 0 Å². The molecule has 0 bridgehead atoms. The van der Waals surface area contributed by atoms with E-state index in [1.165, 1.54) is 26.4 Å². The molecule has 0 aliphatic carbocycles. The van der Waals surface area contributed by atoms with Crippen molar-refractivity contribution in [1.29, 1.82) is 0 Å². The monoisotopic (exact) mass is 478 g/mol. The predicted molar refractivity (Wildman–Crippen MR) is 131 cm³/mol. The van der Waals surface area contributed by atoms with Crippen molar-refractivity contribution in [2.45, 2.75) is 18.9 Å². The fourth-order valence-electron chi connectivity index (χ4n) is 4.42. The second-order valence-corrected chi connectivity index (χ2v) is 8.14. The number of methoxy groups -OCH3 is 3. The number of nitrogens with one attached hydrogen (secondary N) is 1. The summed E-state index contributed by atoms with van der Waals surface area (Å²) in [6.45, 7) is 0. The summed E-state index contributed by atoms with van der Waals surface area (Å²) in [5, 5.41) is 2.71. The van der Waals surface area contributed by atoms with Gasteiger partial charge in [-0.15, -0.1) is 0 Å². The van der Waals surface area contributed by atoms with Crippen LogP contribution in [0.2, 0.25) is 0 Å². The quantitative estimate of drug-likeness (QED) is 0.519. The van der Waals surface area contributed by atoms with Crippen molar-refractivity contribution in [3.05, 3.63) is 78.1 Å². The number of para-hydroxylation sites is 1. The lowest BCUT2D eigenvalue weighted by Crippen LogP contribution is -2.47. The van der Waals surface area contributed by atoms with E-state index in [0.717, 1.165) is 0 Å². The van der Waals surface area contributed by atoms with Crippen molar-refractivity contribution in [2.75, 3.05) is 31.5 Å². The van der Waals surface area contributed by atoms with Crippen LogP contribution in [0.4, 0.5) is 15.8 Å². The summed E-state index contributed by atoms with van der Waals surface area (Å²) in [6, 6.07) is 17.7. The average molecular weight is 479 g/mol. The molecule has 182 valence electrons. The smallest absolute Gasteiger partial charge is 0.230 e. The highest BCUT2D eigenvalue weighted by Crippen LogP contribution is 2.43. The fraction of sp³-hybridized carbons (Fsp3) is 0.259. The van der Waals surface area contributed by atoms with Crippen LogP contribution >= 0.6 is 0 Å². The first-order chi connectivity index (χ1) is 17.0. The Labute approximate surface area is 203 Å². The molecule has 0 saturated carbocycles. The summed E-state index contributed by atoms with van der Waals surface area (Å²) in [7, 11) is 4.63. The number of halogens is 1. The van der Waals surface area contributed by atoms with E-state index in [-0.39, 0.29) is 23.9 Å². The van der Waals surface area contributed by atoms with Crippen molar-refractivity contribution >= 4 is 23.2 Å². The Morgan fingerprint density at radius 2 is 1.66 bits per heavy atom. The standard InChI is InChI=1S/C27H27FN2O5/c1-33-19-11-9-18(10-12-19)30-25(31)15-13-20(27(32)29-22-7-5-4-6-21(22)28)26(30)17-8-14-23(34-2)24(16-17)35-3/h4-12,14,16,20,26H,13,15H2,1-3H3,(H,29,32)/t20-,26+/m0/s1. The van der Waals surface area contributed by atoms with Crippen molar-refractivity contribution < 1.29 is 28.2 Å². The van der Waals surface area contributed by atoms with Crippen LogP contribution in [0, 0.1) is 11.7 Å². The van der Waals surface area contributed by atoms with Crippen molar-refractivity contribution in [3.63, 3.8) is 0 Å². The number of rotatable bonds is 7. The Kier molecular flexibility index (Phi) is 7.19. The van der Waals surface area contributed by atoms with E-state index < -0.39 is 17.8 Å². The Balaban J connectivity index is 1.79. The van der Waals surface area contributed by atoms with Crippen LogP contribution in [-0.2, 0) is 9.59 Å². The number of carbonyl (C=O) groups excluding carboxylic acids is 2. The number of nitrogens with zero attached hydrogens (tertiary/aromatic N) is 1. The zero-order valence-corrected chi connectivity index (χ0v) is 19.8. The van der Waals surface area contributed by atoms with E-state index in [1.54, 1.807) is 60.5 Å². The number of carbonyl (C=O) groups is 2. The molecular weight excluding hydrogens is 451 g/mol. The minimum Gasteiger partial charge on any atom is -0.497 e. The van der Waals surface area contributed by atoms with Gasteiger partial charge >= 0.3 is 0 Å². The first-order valence-electron chi connectivity index (χ1n) is 11.2. The molecule has 8 heteroatoms. The summed E-state index contributed by atoms with van der Waals surface area (Å²) < 4.78 is 30.4. The molecule has 3 aromatic carbocycles. The molecule has 1 N–H and O–H groups in total. The van der Waals surface area contributed by atoms with E-state index in [4.69, 9.17) is 14.2 Å². The highest BCUT2D eigenvalue weighted by Gasteiger charge is 2.42. The van der Waals surface area contributed by atoms with Crippen LogP contribution in [0.3, 0.4) is 0 Å². The topological polar surface area (TPSA) is 77.1 Å². The molecule has 0 radical (unpaired) electrons. The molecule has 35 heavy (non-hydrogen) atoms. The lowest BCUT2D eigenvalue weighted by molar-refractivity contribution is -0.126. The number of hydrogen-bond donors (Lipinski definition) is 1. The van der Waals surface area contributed by atoms with Crippen molar-refractivity contribution in [1.82, 2.24) is 0 Å². The van der Waals surface area contributed by atoms with Gasteiger partial charge in [0.05, 0.1) is 39.0 Å². The molecule has 0 spiro atoms. The van der Waals surface area contributed by atoms with Gasteiger partial charge in [-0.1, -0.05) is 18.2 Å². The number of piperidine rings is 1. The fourth-order valence-corrected chi connectivity index (χ4v) is 4.42. The highest BCUT2D eigenvalue weighted by atomic mass is 19.1. The van der Waals surface area contributed by atoms with E-state index in [2.05, 4.69) is 5.32 Å². The van der Waals surface area contributed by atoms with Gasteiger partial charge in [0.1, 0.15) is 11.6 Å². The van der Waals surface area contributed by atoms with E-state index in [0.29, 0.717) is 34.9 Å². The Hall–Kier alpha value is -4.07. The second kappa shape index (κ2) is 10.5. The minimum absolute atomic E-state index is 0.0939. The molecule has 1 aliphatic heterocycles. The minimum atomic E-state index is -0.656. The molecular formula is C27H27FN2O5. The van der Waals surface area contributed by atoms with Gasteiger partial charge in [-0.05, 0) is 60.5 Å². The van der Waals surface area contributed by atoms with Crippen LogP contribution in [0.5, 0.6) is 17.2 Å². The Morgan fingerprint density at radius 3 is 2.31 bits per heavy atom. The van der Waals surface area contributed by atoms with Gasteiger partial charge in [0.2, 0.25) is 11.8 Å². The maximum Gasteiger partial charge on any atom is 0.230 e. The van der Waals surface area contributed by atoms with E-state index in [9.17, 15) is 14.0 Å². The number of benzene rings is 3. The normalized spacial score (nSPS) is 17.6. The van der Waals surface area contributed by atoms with Crippen LogP contribution in [0.25, 0.3) is 0 Å². The second-order valence-electron chi connectivity index (χ2n) is 8.14. The molecule has 0 unspecified atom stereocenters. The molecule has 1 fully saturated rings. The number of anilines is 2. The molecule has 1 aliphatic rings. The van der Waals surface area contributed by atoms with Gasteiger partial charge < -0.3 is 24.4 Å². The van der Waals surface area contributed by atoms with Crippen molar-refractivity contribution in [3.8, 4) is 17.2 Å². The largest absolute Gasteiger partial charge is 0.497 e. The third-order valence-electron chi connectivity index (χ3n) is 6.17. The van der Waals surface area contributed by atoms with Crippen LogP contribution < -0.4 is 24.4 Å². The predicted octanol–water partition coefficient (Wildman–Crippen LogP) is 4.97. The summed E-state index contributed by atoms with van der Waals surface area (Å²) in [6.07, 6.45) is 0.482. The molecule has 7 nitrogen and oxygen atoms in total. The number of ether oxygens (including phenoxy) is 3. The third kappa shape index (κ3) is 4.91. The van der Waals surface area contributed by atoms with Gasteiger partial charge in [0.25, 0.3) is 0 Å². The zero-order valence-electron chi connectivity index (χ0n) is 19.8. The first-order valence-corrected chi connectivity index (χ1v) is 11.2. The highest BCUT2D eigenvalue weighted by molar-refractivity contribution is 6.00. The first kappa shape index (κ1) is 24.1. The number of hydrogen-bond acceptors (Lipinski definition) is 5.